The maximum Gasteiger partial charge on any atom is 0.0434 e. The van der Waals surface area contributed by atoms with Crippen molar-refractivity contribution in [3.63, 3.8) is 0 Å². The first-order valence-electron chi connectivity index (χ1n) is 6.96. The van der Waals surface area contributed by atoms with Gasteiger partial charge in [-0.05, 0) is 51.1 Å². The Hall–Kier alpha value is -0.610. The molecule has 0 saturated heterocycles. The summed E-state index contributed by atoms with van der Waals surface area (Å²) in [7, 11) is 4.32. The maximum absolute atomic E-state index is 6.07. The van der Waals surface area contributed by atoms with Crippen molar-refractivity contribution in [3.8, 4) is 0 Å². The number of benzene rings is 1. The standard InChI is InChI=1S/C15H24ClN3/c1-19(2)15(8-3-4-9-15)14(18-17)11-12-6-5-7-13(16)10-12/h5-7,10,14,18H,3-4,8-9,11,17H2,1-2H3. The third-order valence-electron chi connectivity index (χ3n) is 4.54. The van der Waals surface area contributed by atoms with Crippen molar-refractivity contribution in [1.29, 1.82) is 0 Å². The van der Waals surface area contributed by atoms with E-state index in [4.69, 9.17) is 17.4 Å². The van der Waals surface area contributed by atoms with Gasteiger partial charge in [0.05, 0.1) is 0 Å². The molecular weight excluding hydrogens is 258 g/mol. The lowest BCUT2D eigenvalue weighted by molar-refractivity contribution is 0.104. The van der Waals surface area contributed by atoms with Gasteiger partial charge in [0, 0.05) is 16.6 Å². The molecule has 1 aromatic rings. The second kappa shape index (κ2) is 6.23. The minimum absolute atomic E-state index is 0.164. The highest BCUT2D eigenvalue weighted by Crippen LogP contribution is 2.37. The number of halogens is 1. The van der Waals surface area contributed by atoms with Crippen molar-refractivity contribution in [1.82, 2.24) is 10.3 Å². The van der Waals surface area contributed by atoms with E-state index in [0.717, 1.165) is 11.4 Å². The van der Waals surface area contributed by atoms with Crippen LogP contribution in [0, 0.1) is 0 Å². The highest BCUT2D eigenvalue weighted by Gasteiger charge is 2.42. The molecule has 106 valence electrons. The van der Waals surface area contributed by atoms with Crippen LogP contribution < -0.4 is 11.3 Å². The Morgan fingerprint density at radius 3 is 2.58 bits per heavy atom. The second-order valence-electron chi connectivity index (χ2n) is 5.76. The Morgan fingerprint density at radius 2 is 2.05 bits per heavy atom. The third-order valence-corrected chi connectivity index (χ3v) is 4.77. The highest BCUT2D eigenvalue weighted by atomic mass is 35.5. The lowest BCUT2D eigenvalue weighted by Crippen LogP contribution is -2.60. The van der Waals surface area contributed by atoms with Gasteiger partial charge < -0.3 is 4.90 Å². The summed E-state index contributed by atoms with van der Waals surface area (Å²) in [6.45, 7) is 0. The molecule has 19 heavy (non-hydrogen) atoms. The van der Waals surface area contributed by atoms with Crippen LogP contribution in [0.2, 0.25) is 5.02 Å². The number of hydrazine groups is 1. The number of likely N-dealkylation sites (N-methyl/N-ethyl adjacent to an activating group) is 1. The van der Waals surface area contributed by atoms with Gasteiger partial charge in [0.1, 0.15) is 0 Å². The summed E-state index contributed by atoms with van der Waals surface area (Å²) >= 11 is 6.07. The van der Waals surface area contributed by atoms with Gasteiger partial charge in [-0.25, -0.2) is 0 Å². The van der Waals surface area contributed by atoms with Gasteiger partial charge in [-0.1, -0.05) is 36.6 Å². The summed E-state index contributed by atoms with van der Waals surface area (Å²) < 4.78 is 0. The summed E-state index contributed by atoms with van der Waals surface area (Å²) in [5, 5.41) is 0.790. The Kier molecular flexibility index (Phi) is 4.85. The summed E-state index contributed by atoms with van der Waals surface area (Å²) in [4.78, 5) is 2.34. The SMILES string of the molecule is CN(C)C1(C(Cc2cccc(Cl)c2)NN)CCCC1. The van der Waals surface area contributed by atoms with E-state index < -0.39 is 0 Å². The first-order valence-corrected chi connectivity index (χ1v) is 7.34. The molecule has 0 amide bonds. The van der Waals surface area contributed by atoms with Crippen molar-refractivity contribution in [3.05, 3.63) is 34.9 Å². The van der Waals surface area contributed by atoms with E-state index >= 15 is 0 Å². The minimum Gasteiger partial charge on any atom is -0.302 e. The largest absolute Gasteiger partial charge is 0.302 e. The maximum atomic E-state index is 6.07. The molecule has 0 bridgehead atoms. The van der Waals surface area contributed by atoms with Crippen LogP contribution in [0.5, 0.6) is 0 Å². The van der Waals surface area contributed by atoms with E-state index in [1.54, 1.807) is 0 Å². The molecule has 3 nitrogen and oxygen atoms in total. The normalized spacial score (nSPS) is 19.8. The van der Waals surface area contributed by atoms with Crippen LogP contribution >= 0.6 is 11.6 Å². The average molecular weight is 282 g/mol. The predicted molar refractivity (Wildman–Crippen MR) is 81.2 cm³/mol. The molecule has 0 heterocycles. The molecule has 1 atom stereocenters. The van der Waals surface area contributed by atoms with Crippen LogP contribution in [0.1, 0.15) is 31.2 Å². The van der Waals surface area contributed by atoms with Gasteiger partial charge >= 0.3 is 0 Å². The molecule has 0 radical (unpaired) electrons. The quantitative estimate of drug-likeness (QED) is 0.644. The summed E-state index contributed by atoms with van der Waals surface area (Å²) in [5.41, 5.74) is 4.45. The fourth-order valence-corrected chi connectivity index (χ4v) is 3.61. The smallest absolute Gasteiger partial charge is 0.0434 e. The van der Waals surface area contributed by atoms with Crippen LogP contribution in [-0.4, -0.2) is 30.6 Å². The van der Waals surface area contributed by atoms with Gasteiger partial charge in [-0.15, -0.1) is 0 Å². The monoisotopic (exact) mass is 281 g/mol. The molecule has 0 aliphatic heterocycles. The molecule has 0 aromatic heterocycles. The number of nitrogens with one attached hydrogen (secondary N) is 1. The summed E-state index contributed by atoms with van der Waals surface area (Å²) in [6, 6.07) is 8.32. The van der Waals surface area contributed by atoms with Crippen molar-refractivity contribution in [2.45, 2.75) is 43.7 Å². The fourth-order valence-electron chi connectivity index (χ4n) is 3.40. The molecular formula is C15H24ClN3. The van der Waals surface area contributed by atoms with Crippen molar-refractivity contribution < 1.29 is 0 Å². The summed E-state index contributed by atoms with van der Waals surface area (Å²) in [6.07, 6.45) is 5.89. The zero-order valence-corrected chi connectivity index (χ0v) is 12.6. The molecule has 1 aromatic carbocycles. The Labute approximate surface area is 121 Å². The van der Waals surface area contributed by atoms with Crippen LogP contribution in [0.25, 0.3) is 0 Å². The Morgan fingerprint density at radius 1 is 1.37 bits per heavy atom. The van der Waals surface area contributed by atoms with Gasteiger partial charge in [0.2, 0.25) is 0 Å². The van der Waals surface area contributed by atoms with E-state index in [-0.39, 0.29) is 11.6 Å². The molecule has 1 fully saturated rings. The lowest BCUT2D eigenvalue weighted by atomic mass is 9.83. The van der Waals surface area contributed by atoms with Crippen LogP contribution in [0.15, 0.2) is 24.3 Å². The molecule has 2 rings (SSSR count). The van der Waals surface area contributed by atoms with Gasteiger partial charge in [-0.3, -0.25) is 11.3 Å². The molecule has 1 aliphatic rings. The molecule has 3 N–H and O–H groups in total. The number of rotatable bonds is 5. The number of nitrogens with zero attached hydrogens (tertiary/aromatic N) is 1. The zero-order chi connectivity index (χ0) is 13.9. The van der Waals surface area contributed by atoms with E-state index in [9.17, 15) is 0 Å². The van der Waals surface area contributed by atoms with Crippen molar-refractivity contribution in [2.24, 2.45) is 5.84 Å². The fraction of sp³-hybridized carbons (Fsp3) is 0.600. The molecule has 1 saturated carbocycles. The summed E-state index contributed by atoms with van der Waals surface area (Å²) in [5.74, 6) is 5.85. The van der Waals surface area contributed by atoms with E-state index in [1.165, 1.54) is 31.2 Å². The van der Waals surface area contributed by atoms with Gasteiger partial charge in [0.15, 0.2) is 0 Å². The zero-order valence-electron chi connectivity index (χ0n) is 11.8. The third kappa shape index (κ3) is 3.11. The second-order valence-corrected chi connectivity index (χ2v) is 6.19. The first kappa shape index (κ1) is 14.8. The molecule has 1 aliphatic carbocycles. The average Bonchev–Trinajstić information content (AvgIpc) is 2.86. The van der Waals surface area contributed by atoms with Gasteiger partial charge in [0.25, 0.3) is 0 Å². The Bertz CT molecular complexity index is 414. The molecule has 1 unspecified atom stereocenters. The molecule has 0 spiro atoms. The van der Waals surface area contributed by atoms with Crippen LogP contribution in [0.3, 0.4) is 0 Å². The van der Waals surface area contributed by atoms with Gasteiger partial charge in [-0.2, -0.15) is 0 Å². The topological polar surface area (TPSA) is 41.3 Å². The minimum atomic E-state index is 0.164. The molecule has 4 heteroatoms. The van der Waals surface area contributed by atoms with Crippen LogP contribution in [0.4, 0.5) is 0 Å². The predicted octanol–water partition coefficient (Wildman–Crippen LogP) is 2.59. The van der Waals surface area contributed by atoms with Crippen molar-refractivity contribution >= 4 is 11.6 Å². The van der Waals surface area contributed by atoms with Crippen molar-refractivity contribution in [2.75, 3.05) is 14.1 Å². The number of hydrogen-bond acceptors (Lipinski definition) is 3. The number of hydrogen-bond donors (Lipinski definition) is 2. The van der Waals surface area contributed by atoms with E-state index in [2.05, 4.69) is 30.5 Å². The van der Waals surface area contributed by atoms with E-state index in [1.807, 2.05) is 18.2 Å². The number of nitrogens with two attached hydrogens (primary N) is 1. The Balaban J connectivity index is 2.19. The first-order chi connectivity index (χ1) is 9.08. The highest BCUT2D eigenvalue weighted by molar-refractivity contribution is 6.30. The van der Waals surface area contributed by atoms with E-state index in [0.29, 0.717) is 0 Å². The van der Waals surface area contributed by atoms with Crippen LogP contribution in [-0.2, 0) is 6.42 Å². The lowest BCUT2D eigenvalue weighted by Gasteiger charge is -2.43.